The molecule has 0 radical (unpaired) electrons. The summed E-state index contributed by atoms with van der Waals surface area (Å²) in [6.45, 7) is 2.58. The lowest BCUT2D eigenvalue weighted by atomic mass is 10.1. The molecule has 1 heterocycles. The number of nitrogens with zero attached hydrogens (tertiary/aromatic N) is 1. The third-order valence-electron chi connectivity index (χ3n) is 2.65. The lowest BCUT2D eigenvalue weighted by Crippen LogP contribution is -2.42. The largest absolute Gasteiger partial charge is 0.409 e. The zero-order chi connectivity index (χ0) is 12.0. The summed E-state index contributed by atoms with van der Waals surface area (Å²) in [7, 11) is 0. The van der Waals surface area contributed by atoms with Crippen molar-refractivity contribution in [3.8, 4) is 0 Å². The molecule has 1 rings (SSSR count). The molecule has 0 aliphatic carbocycles. The minimum Gasteiger partial charge on any atom is -0.409 e. The van der Waals surface area contributed by atoms with Gasteiger partial charge in [-0.3, -0.25) is 4.79 Å². The zero-order valence-corrected chi connectivity index (χ0v) is 9.48. The van der Waals surface area contributed by atoms with Gasteiger partial charge in [0, 0.05) is 19.1 Å². The Bertz CT molecular complexity index is 262. The number of nitrogens with one attached hydrogen (secondary N) is 1. The van der Waals surface area contributed by atoms with E-state index in [0.717, 1.165) is 19.3 Å². The molecule has 0 aromatic carbocycles. The van der Waals surface area contributed by atoms with E-state index in [-0.39, 0.29) is 23.9 Å². The Labute approximate surface area is 94.8 Å². The second kappa shape index (κ2) is 6.32. The molecule has 1 fully saturated rings. The first-order chi connectivity index (χ1) is 7.67. The molecule has 16 heavy (non-hydrogen) atoms. The summed E-state index contributed by atoms with van der Waals surface area (Å²) in [6, 6.07) is -0.104. The summed E-state index contributed by atoms with van der Waals surface area (Å²) in [5.41, 5.74) is 5.40. The van der Waals surface area contributed by atoms with Gasteiger partial charge in [-0.2, -0.15) is 0 Å². The maximum absolute atomic E-state index is 11.7. The van der Waals surface area contributed by atoms with Crippen molar-refractivity contribution in [2.75, 3.05) is 6.61 Å². The fourth-order valence-electron chi connectivity index (χ4n) is 1.67. The van der Waals surface area contributed by atoms with Gasteiger partial charge in [-0.1, -0.05) is 12.1 Å². The van der Waals surface area contributed by atoms with Gasteiger partial charge in [0.15, 0.2) is 0 Å². The van der Waals surface area contributed by atoms with Crippen LogP contribution in [-0.4, -0.2) is 35.7 Å². The van der Waals surface area contributed by atoms with Gasteiger partial charge in [0.25, 0.3) is 0 Å². The summed E-state index contributed by atoms with van der Waals surface area (Å²) in [6.07, 6.45) is 2.45. The Kier molecular flexibility index (Phi) is 5.04. The number of carbonyl (C=O) groups excluding carboxylic acids is 1. The van der Waals surface area contributed by atoms with Crippen LogP contribution in [0.1, 0.15) is 32.6 Å². The van der Waals surface area contributed by atoms with Crippen LogP contribution in [0, 0.1) is 0 Å². The summed E-state index contributed by atoms with van der Waals surface area (Å²) in [5, 5.41) is 14.2. The van der Waals surface area contributed by atoms with E-state index in [1.54, 1.807) is 0 Å². The molecular weight excluding hydrogens is 210 g/mol. The lowest BCUT2D eigenvalue weighted by Gasteiger charge is -2.18. The Morgan fingerprint density at radius 3 is 3.00 bits per heavy atom. The molecule has 6 heteroatoms. The molecule has 92 valence electrons. The number of amides is 1. The molecule has 0 aromatic heterocycles. The SMILES string of the molecule is CCC(CC(N)=NO)NC(=O)C1CCCO1. The van der Waals surface area contributed by atoms with Crippen molar-refractivity contribution >= 4 is 11.7 Å². The number of hydrogen-bond acceptors (Lipinski definition) is 4. The Balaban J connectivity index is 2.39. The Morgan fingerprint density at radius 2 is 2.50 bits per heavy atom. The highest BCUT2D eigenvalue weighted by Crippen LogP contribution is 2.12. The first kappa shape index (κ1) is 12.8. The molecule has 1 saturated heterocycles. The van der Waals surface area contributed by atoms with Crippen molar-refractivity contribution in [2.45, 2.75) is 44.8 Å². The van der Waals surface area contributed by atoms with Gasteiger partial charge in [0.05, 0.1) is 0 Å². The molecule has 1 aliphatic heterocycles. The van der Waals surface area contributed by atoms with Crippen LogP contribution in [-0.2, 0) is 9.53 Å². The molecule has 0 spiro atoms. The van der Waals surface area contributed by atoms with Crippen LogP contribution in [0.4, 0.5) is 0 Å². The zero-order valence-electron chi connectivity index (χ0n) is 9.48. The predicted molar refractivity (Wildman–Crippen MR) is 59.2 cm³/mol. The van der Waals surface area contributed by atoms with Gasteiger partial charge in [-0.15, -0.1) is 0 Å². The highest BCUT2D eigenvalue weighted by atomic mass is 16.5. The van der Waals surface area contributed by atoms with Crippen molar-refractivity contribution in [3.63, 3.8) is 0 Å². The second-order valence-corrected chi connectivity index (χ2v) is 3.91. The molecule has 0 bridgehead atoms. The molecule has 2 unspecified atom stereocenters. The second-order valence-electron chi connectivity index (χ2n) is 3.91. The molecule has 0 aromatic rings. The van der Waals surface area contributed by atoms with Crippen LogP contribution in [0.5, 0.6) is 0 Å². The van der Waals surface area contributed by atoms with Crippen molar-refractivity contribution in [2.24, 2.45) is 10.9 Å². The van der Waals surface area contributed by atoms with Gasteiger partial charge < -0.3 is 21.0 Å². The number of carbonyl (C=O) groups is 1. The minimum atomic E-state index is -0.332. The standard InChI is InChI=1S/C10H19N3O3/c1-2-7(6-9(11)13-15)12-10(14)8-4-3-5-16-8/h7-8,15H,2-6H2,1H3,(H2,11,13)(H,12,14). The molecule has 4 N–H and O–H groups in total. The predicted octanol–water partition coefficient (Wildman–Crippen LogP) is 0.197. The number of amidine groups is 1. The van der Waals surface area contributed by atoms with E-state index in [2.05, 4.69) is 10.5 Å². The first-order valence-electron chi connectivity index (χ1n) is 5.55. The van der Waals surface area contributed by atoms with Crippen molar-refractivity contribution in [3.05, 3.63) is 0 Å². The maximum Gasteiger partial charge on any atom is 0.249 e. The molecule has 2 atom stereocenters. The van der Waals surface area contributed by atoms with Gasteiger partial charge in [0.1, 0.15) is 11.9 Å². The van der Waals surface area contributed by atoms with E-state index in [0.29, 0.717) is 13.0 Å². The maximum atomic E-state index is 11.7. The van der Waals surface area contributed by atoms with Crippen LogP contribution in [0.15, 0.2) is 5.16 Å². The van der Waals surface area contributed by atoms with Gasteiger partial charge in [-0.05, 0) is 19.3 Å². The average Bonchev–Trinajstić information content (AvgIpc) is 2.81. The smallest absolute Gasteiger partial charge is 0.249 e. The number of ether oxygens (including phenoxy) is 1. The van der Waals surface area contributed by atoms with Crippen LogP contribution >= 0.6 is 0 Å². The number of oxime groups is 1. The van der Waals surface area contributed by atoms with Crippen LogP contribution in [0.3, 0.4) is 0 Å². The highest BCUT2D eigenvalue weighted by molar-refractivity contribution is 5.83. The molecule has 6 nitrogen and oxygen atoms in total. The molecule has 1 amide bonds. The lowest BCUT2D eigenvalue weighted by molar-refractivity contribution is -0.130. The average molecular weight is 229 g/mol. The first-order valence-corrected chi connectivity index (χ1v) is 5.55. The number of hydrogen-bond donors (Lipinski definition) is 3. The van der Waals surface area contributed by atoms with Gasteiger partial charge >= 0.3 is 0 Å². The quantitative estimate of drug-likeness (QED) is 0.271. The van der Waals surface area contributed by atoms with Crippen molar-refractivity contribution < 1.29 is 14.7 Å². The van der Waals surface area contributed by atoms with Crippen LogP contribution in [0.2, 0.25) is 0 Å². The molecule has 0 saturated carbocycles. The highest BCUT2D eigenvalue weighted by Gasteiger charge is 2.25. The minimum absolute atomic E-state index is 0.102. The summed E-state index contributed by atoms with van der Waals surface area (Å²) >= 11 is 0. The fourth-order valence-corrected chi connectivity index (χ4v) is 1.67. The monoisotopic (exact) mass is 229 g/mol. The van der Waals surface area contributed by atoms with Crippen LogP contribution in [0.25, 0.3) is 0 Å². The third-order valence-corrected chi connectivity index (χ3v) is 2.65. The van der Waals surface area contributed by atoms with Crippen molar-refractivity contribution in [1.82, 2.24) is 5.32 Å². The van der Waals surface area contributed by atoms with E-state index < -0.39 is 0 Å². The molecular formula is C10H19N3O3. The summed E-state index contributed by atoms with van der Waals surface area (Å²) in [5.74, 6) is 0.0228. The van der Waals surface area contributed by atoms with E-state index in [4.69, 9.17) is 15.7 Å². The van der Waals surface area contributed by atoms with Crippen LogP contribution < -0.4 is 11.1 Å². The van der Waals surface area contributed by atoms with Crippen molar-refractivity contribution in [1.29, 1.82) is 0 Å². The third kappa shape index (κ3) is 3.69. The number of nitrogens with two attached hydrogens (primary N) is 1. The van der Waals surface area contributed by atoms with Gasteiger partial charge in [-0.25, -0.2) is 0 Å². The topological polar surface area (TPSA) is 96.9 Å². The Hall–Kier alpha value is -1.30. The Morgan fingerprint density at radius 1 is 1.75 bits per heavy atom. The number of rotatable bonds is 5. The van der Waals surface area contributed by atoms with E-state index in [9.17, 15) is 4.79 Å². The summed E-state index contributed by atoms with van der Waals surface area (Å²) < 4.78 is 5.27. The summed E-state index contributed by atoms with van der Waals surface area (Å²) in [4.78, 5) is 11.7. The molecule has 1 aliphatic rings. The normalized spacial score (nSPS) is 23.1. The van der Waals surface area contributed by atoms with Gasteiger partial charge in [0.2, 0.25) is 5.91 Å². The van der Waals surface area contributed by atoms with E-state index >= 15 is 0 Å². The fraction of sp³-hybridized carbons (Fsp3) is 0.800. The van der Waals surface area contributed by atoms with E-state index in [1.165, 1.54) is 0 Å². The van der Waals surface area contributed by atoms with E-state index in [1.807, 2.05) is 6.92 Å².